The van der Waals surface area contributed by atoms with E-state index in [0.29, 0.717) is 6.29 Å². The fourth-order valence-corrected chi connectivity index (χ4v) is 2.46. The Labute approximate surface area is 106 Å². The van der Waals surface area contributed by atoms with Gasteiger partial charge in [0.05, 0.1) is 6.04 Å². The topological polar surface area (TPSA) is 46.2 Å². The fourth-order valence-electron chi connectivity index (χ4n) is 1.43. The molecule has 0 heterocycles. The van der Waals surface area contributed by atoms with Crippen molar-refractivity contribution in [2.24, 2.45) is 0 Å². The van der Waals surface area contributed by atoms with Gasteiger partial charge < -0.3 is 10.1 Å². The number of hydrogen-bond donors (Lipinski definition) is 1. The van der Waals surface area contributed by atoms with Crippen LogP contribution in [0.25, 0.3) is 0 Å². The molecule has 17 heavy (non-hydrogen) atoms. The summed E-state index contributed by atoms with van der Waals surface area (Å²) in [6.07, 6.45) is 2.24. The summed E-state index contributed by atoms with van der Waals surface area (Å²) in [5, 5.41) is 2.52. The number of carbonyl (C=O) groups excluding carboxylic acids is 2. The van der Waals surface area contributed by atoms with Crippen LogP contribution in [0.1, 0.15) is 40.0 Å². The summed E-state index contributed by atoms with van der Waals surface area (Å²) in [6, 6.07) is -0.639. The van der Waals surface area contributed by atoms with Crippen molar-refractivity contribution in [3.63, 3.8) is 0 Å². The molecule has 1 atom stereocenters. The average molecular weight is 261 g/mol. The number of aldehydes is 1. The van der Waals surface area contributed by atoms with E-state index >= 15 is 0 Å². The molecule has 98 valence electrons. The van der Waals surface area contributed by atoms with E-state index in [4.69, 9.17) is 0 Å². The lowest BCUT2D eigenvalue weighted by molar-refractivity contribution is -0.130. The molecule has 5 heteroatoms. The molecule has 0 aliphatic heterocycles. The van der Waals surface area contributed by atoms with Gasteiger partial charge in [-0.25, -0.2) is 4.39 Å². The Hall–Kier alpha value is -0.580. The third kappa shape index (κ3) is 3.69. The number of amides is 1. The number of alkyl halides is 1. The number of carbonyl (C=O) groups is 2. The monoisotopic (exact) mass is 261 g/mol. The average Bonchev–Trinajstić information content (AvgIpc) is 3.02. The highest BCUT2D eigenvalue weighted by atomic mass is 32.2. The second kappa shape index (κ2) is 5.38. The van der Waals surface area contributed by atoms with Gasteiger partial charge in [-0.3, -0.25) is 4.79 Å². The first kappa shape index (κ1) is 14.5. The van der Waals surface area contributed by atoms with Crippen LogP contribution in [0.2, 0.25) is 0 Å². The Morgan fingerprint density at radius 1 is 1.59 bits per heavy atom. The molecule has 0 spiro atoms. The molecule has 0 saturated heterocycles. The first-order valence-corrected chi connectivity index (χ1v) is 6.93. The maximum Gasteiger partial charge on any atom is 0.258 e. The van der Waals surface area contributed by atoms with Crippen LogP contribution in [0.15, 0.2) is 0 Å². The van der Waals surface area contributed by atoms with E-state index in [2.05, 4.69) is 12.2 Å². The zero-order chi connectivity index (χ0) is 13.1. The van der Waals surface area contributed by atoms with E-state index in [-0.39, 0.29) is 12.8 Å². The van der Waals surface area contributed by atoms with Crippen LogP contribution in [0, 0.1) is 0 Å². The maximum atomic E-state index is 13.5. The van der Waals surface area contributed by atoms with Crippen molar-refractivity contribution < 1.29 is 14.0 Å². The molecule has 0 bridgehead atoms. The molecule has 1 fully saturated rings. The Morgan fingerprint density at radius 2 is 2.18 bits per heavy atom. The largest absolute Gasteiger partial charge is 0.342 e. The number of hydrogen-bond acceptors (Lipinski definition) is 3. The molecular formula is C12H20FNO2S. The molecule has 1 rings (SSSR count). The van der Waals surface area contributed by atoms with Crippen LogP contribution in [-0.4, -0.2) is 34.4 Å². The van der Waals surface area contributed by atoms with Crippen molar-refractivity contribution in [3.8, 4) is 0 Å². The standard InChI is InChI=1S/C12H20FNO2S/c1-4-7-17-11(2,3)9(8-15)14-10(16)12(13)5-6-12/h8-9H,4-7H2,1-3H3,(H,14,16). The predicted octanol–water partition coefficient (Wildman–Crippen LogP) is 2.09. The summed E-state index contributed by atoms with van der Waals surface area (Å²) >= 11 is 1.62. The highest BCUT2D eigenvalue weighted by Gasteiger charge is 2.52. The summed E-state index contributed by atoms with van der Waals surface area (Å²) in [5.74, 6) is 0.272. The molecule has 1 aliphatic carbocycles. The van der Waals surface area contributed by atoms with Crippen LogP contribution in [0.4, 0.5) is 4.39 Å². The van der Waals surface area contributed by atoms with E-state index in [9.17, 15) is 14.0 Å². The van der Waals surface area contributed by atoms with E-state index in [1.807, 2.05) is 13.8 Å². The van der Waals surface area contributed by atoms with Crippen LogP contribution >= 0.6 is 11.8 Å². The van der Waals surface area contributed by atoms with Crippen LogP contribution in [0.3, 0.4) is 0 Å². The van der Waals surface area contributed by atoms with Gasteiger partial charge in [0.1, 0.15) is 6.29 Å². The molecular weight excluding hydrogens is 241 g/mol. The zero-order valence-electron chi connectivity index (χ0n) is 10.6. The van der Waals surface area contributed by atoms with E-state index in [1.54, 1.807) is 11.8 Å². The summed E-state index contributed by atoms with van der Waals surface area (Å²) in [7, 11) is 0. The van der Waals surface area contributed by atoms with E-state index in [0.717, 1.165) is 12.2 Å². The minimum atomic E-state index is -1.72. The van der Waals surface area contributed by atoms with Crippen LogP contribution < -0.4 is 5.32 Å². The van der Waals surface area contributed by atoms with Crippen molar-refractivity contribution in [2.75, 3.05) is 5.75 Å². The molecule has 1 N–H and O–H groups in total. The van der Waals surface area contributed by atoms with Crippen LogP contribution in [0.5, 0.6) is 0 Å². The Balaban J connectivity index is 2.57. The third-order valence-corrected chi connectivity index (χ3v) is 4.56. The molecule has 0 aromatic carbocycles. The van der Waals surface area contributed by atoms with Gasteiger partial charge in [-0.1, -0.05) is 6.92 Å². The molecule has 1 unspecified atom stereocenters. The molecule has 1 saturated carbocycles. The minimum Gasteiger partial charge on any atom is -0.342 e. The van der Waals surface area contributed by atoms with Gasteiger partial charge >= 0.3 is 0 Å². The van der Waals surface area contributed by atoms with Gasteiger partial charge in [0.25, 0.3) is 5.91 Å². The molecule has 0 aromatic rings. The van der Waals surface area contributed by atoms with Gasteiger partial charge in [0, 0.05) is 4.75 Å². The number of nitrogens with one attached hydrogen (secondary N) is 1. The van der Waals surface area contributed by atoms with Crippen molar-refractivity contribution in [1.82, 2.24) is 5.32 Å². The first-order valence-electron chi connectivity index (χ1n) is 5.95. The maximum absolute atomic E-state index is 13.5. The molecule has 1 aliphatic rings. The minimum absolute atomic E-state index is 0.271. The number of thioether (sulfide) groups is 1. The number of halogens is 1. The summed E-state index contributed by atoms with van der Waals surface area (Å²) in [6.45, 7) is 5.84. The van der Waals surface area contributed by atoms with Crippen molar-refractivity contribution in [2.45, 2.75) is 56.5 Å². The molecule has 1 amide bonds. The quantitative estimate of drug-likeness (QED) is 0.714. The highest BCUT2D eigenvalue weighted by Crippen LogP contribution is 2.40. The predicted molar refractivity (Wildman–Crippen MR) is 67.9 cm³/mol. The van der Waals surface area contributed by atoms with E-state index in [1.165, 1.54) is 0 Å². The lowest BCUT2D eigenvalue weighted by Gasteiger charge is -2.31. The second-order valence-electron chi connectivity index (χ2n) is 5.00. The smallest absolute Gasteiger partial charge is 0.258 e. The molecule has 3 nitrogen and oxygen atoms in total. The lowest BCUT2D eigenvalue weighted by Crippen LogP contribution is -2.51. The summed E-state index contributed by atoms with van der Waals surface area (Å²) in [4.78, 5) is 22.6. The fraction of sp³-hybridized carbons (Fsp3) is 0.833. The molecule has 0 radical (unpaired) electrons. The third-order valence-electron chi connectivity index (χ3n) is 2.95. The van der Waals surface area contributed by atoms with Gasteiger partial charge in [-0.15, -0.1) is 0 Å². The Kier molecular flexibility index (Phi) is 4.58. The van der Waals surface area contributed by atoms with Gasteiger partial charge in [0.2, 0.25) is 0 Å². The second-order valence-corrected chi connectivity index (χ2v) is 6.75. The van der Waals surface area contributed by atoms with Crippen molar-refractivity contribution in [3.05, 3.63) is 0 Å². The Bertz CT molecular complexity index is 303. The van der Waals surface area contributed by atoms with Gasteiger partial charge in [-0.2, -0.15) is 11.8 Å². The summed E-state index contributed by atoms with van der Waals surface area (Å²) < 4.78 is 13.1. The summed E-state index contributed by atoms with van der Waals surface area (Å²) in [5.41, 5.74) is -1.72. The zero-order valence-corrected chi connectivity index (χ0v) is 11.4. The highest BCUT2D eigenvalue weighted by molar-refractivity contribution is 8.00. The van der Waals surface area contributed by atoms with E-state index < -0.39 is 22.4 Å². The van der Waals surface area contributed by atoms with Crippen molar-refractivity contribution in [1.29, 1.82) is 0 Å². The lowest BCUT2D eigenvalue weighted by atomic mass is 10.0. The molecule has 0 aromatic heterocycles. The first-order chi connectivity index (χ1) is 7.85. The SMILES string of the molecule is CCCSC(C)(C)C(C=O)NC(=O)C1(F)CC1. The van der Waals surface area contributed by atoms with Gasteiger partial charge in [-0.05, 0) is 38.9 Å². The number of rotatable bonds is 7. The Morgan fingerprint density at radius 3 is 2.59 bits per heavy atom. The van der Waals surface area contributed by atoms with Gasteiger partial charge in [0.15, 0.2) is 5.67 Å². The normalized spacial score (nSPS) is 19.5. The van der Waals surface area contributed by atoms with Crippen molar-refractivity contribution >= 4 is 24.0 Å². The van der Waals surface area contributed by atoms with Crippen LogP contribution in [-0.2, 0) is 9.59 Å².